The lowest BCUT2D eigenvalue weighted by molar-refractivity contribution is 0.122. The predicted molar refractivity (Wildman–Crippen MR) is 124 cm³/mol. The lowest BCUT2D eigenvalue weighted by Crippen LogP contribution is -2.49. The molecular formula is C23H31N5O3S. The summed E-state index contributed by atoms with van der Waals surface area (Å²) >= 11 is 0. The highest BCUT2D eigenvalue weighted by atomic mass is 32.2. The van der Waals surface area contributed by atoms with Gasteiger partial charge in [-0.3, -0.25) is 0 Å². The van der Waals surface area contributed by atoms with Gasteiger partial charge < -0.3 is 14.5 Å². The second-order valence-electron chi connectivity index (χ2n) is 8.80. The second-order valence-corrected chi connectivity index (χ2v) is 10.7. The van der Waals surface area contributed by atoms with Crippen LogP contribution in [0.3, 0.4) is 0 Å². The summed E-state index contributed by atoms with van der Waals surface area (Å²) in [6, 6.07) is 7.69. The largest absolute Gasteiger partial charge is 0.378 e. The van der Waals surface area contributed by atoms with Gasteiger partial charge in [0.25, 0.3) is 0 Å². The first-order valence-electron chi connectivity index (χ1n) is 11.6. The monoisotopic (exact) mass is 457 g/mol. The Balaban J connectivity index is 1.29. The van der Waals surface area contributed by atoms with E-state index in [4.69, 9.17) is 9.72 Å². The van der Waals surface area contributed by atoms with Crippen molar-refractivity contribution >= 4 is 21.8 Å². The van der Waals surface area contributed by atoms with Gasteiger partial charge in [-0.25, -0.2) is 13.4 Å². The average Bonchev–Trinajstić information content (AvgIpc) is 2.84. The number of anilines is 2. The van der Waals surface area contributed by atoms with Crippen molar-refractivity contribution in [3.63, 3.8) is 0 Å². The lowest BCUT2D eigenvalue weighted by atomic mass is 9.92. The van der Waals surface area contributed by atoms with Crippen LogP contribution in [-0.4, -0.2) is 75.2 Å². The molecule has 1 aliphatic carbocycles. The van der Waals surface area contributed by atoms with Gasteiger partial charge in [-0.1, -0.05) is 6.07 Å². The van der Waals surface area contributed by atoms with Gasteiger partial charge in [0.05, 0.1) is 18.1 Å². The summed E-state index contributed by atoms with van der Waals surface area (Å²) in [5, 5.41) is 0. The number of nitrogens with zero attached hydrogens (tertiary/aromatic N) is 5. The number of sulfonamides is 1. The van der Waals surface area contributed by atoms with Crippen molar-refractivity contribution in [1.82, 2.24) is 14.3 Å². The first-order chi connectivity index (χ1) is 15.5. The lowest BCUT2D eigenvalue weighted by Gasteiger charge is -2.35. The molecule has 5 rings (SSSR count). The van der Waals surface area contributed by atoms with Crippen LogP contribution < -0.4 is 9.80 Å². The van der Waals surface area contributed by atoms with Gasteiger partial charge in [0.2, 0.25) is 16.0 Å². The Bertz CT molecular complexity index is 1080. The normalized spacial score (nSPS) is 20.3. The van der Waals surface area contributed by atoms with Crippen molar-refractivity contribution in [3.8, 4) is 0 Å². The molecule has 0 saturated carbocycles. The number of benzene rings is 1. The highest BCUT2D eigenvalue weighted by Crippen LogP contribution is 2.27. The molecule has 32 heavy (non-hydrogen) atoms. The molecule has 2 saturated heterocycles. The highest BCUT2D eigenvalue weighted by Gasteiger charge is 2.30. The Hall–Kier alpha value is -2.23. The summed E-state index contributed by atoms with van der Waals surface area (Å²) in [7, 11) is -3.49. The Labute approximate surface area is 190 Å². The third kappa shape index (κ3) is 4.33. The second kappa shape index (κ2) is 8.96. The van der Waals surface area contributed by atoms with Crippen LogP contribution in [0.25, 0.3) is 0 Å². The molecule has 8 nitrogen and oxygen atoms in total. The van der Waals surface area contributed by atoms with Crippen LogP contribution in [0.15, 0.2) is 29.2 Å². The van der Waals surface area contributed by atoms with Crippen molar-refractivity contribution in [2.45, 2.75) is 37.5 Å². The van der Waals surface area contributed by atoms with Gasteiger partial charge in [0.15, 0.2) is 0 Å². The molecule has 3 heterocycles. The van der Waals surface area contributed by atoms with Crippen molar-refractivity contribution in [2.75, 3.05) is 62.3 Å². The Morgan fingerprint density at radius 3 is 2.31 bits per heavy atom. The molecule has 1 aromatic heterocycles. The summed E-state index contributed by atoms with van der Waals surface area (Å²) in [5.74, 6) is 1.59. The first-order valence-corrected chi connectivity index (χ1v) is 13.0. The van der Waals surface area contributed by atoms with Crippen LogP contribution in [0.4, 0.5) is 11.8 Å². The fraction of sp³-hybridized carbons (Fsp3) is 0.565. The zero-order valence-electron chi connectivity index (χ0n) is 18.7. The molecule has 1 aromatic carbocycles. The maximum absolute atomic E-state index is 13.3. The summed E-state index contributed by atoms with van der Waals surface area (Å²) in [5.41, 5.74) is 3.41. The van der Waals surface area contributed by atoms with Gasteiger partial charge in [-0.15, -0.1) is 0 Å². The van der Waals surface area contributed by atoms with E-state index < -0.39 is 10.0 Å². The van der Waals surface area contributed by atoms with E-state index in [1.807, 2.05) is 25.1 Å². The minimum absolute atomic E-state index is 0.424. The minimum Gasteiger partial charge on any atom is -0.378 e. The summed E-state index contributed by atoms with van der Waals surface area (Å²) < 4.78 is 33.6. The van der Waals surface area contributed by atoms with Crippen molar-refractivity contribution in [3.05, 3.63) is 41.1 Å². The molecule has 0 unspecified atom stereocenters. The van der Waals surface area contributed by atoms with Crippen LogP contribution in [0.2, 0.25) is 0 Å². The molecule has 3 aliphatic rings. The molecule has 0 atom stereocenters. The van der Waals surface area contributed by atoms with Gasteiger partial charge in [-0.2, -0.15) is 9.29 Å². The summed E-state index contributed by atoms with van der Waals surface area (Å²) in [6.07, 6.45) is 4.35. The molecule has 9 heteroatoms. The van der Waals surface area contributed by atoms with E-state index in [9.17, 15) is 8.42 Å². The highest BCUT2D eigenvalue weighted by molar-refractivity contribution is 7.89. The average molecular weight is 458 g/mol. The summed E-state index contributed by atoms with van der Waals surface area (Å²) in [4.78, 5) is 14.2. The molecule has 2 aromatic rings. The molecule has 0 radical (unpaired) electrons. The number of hydrogen-bond acceptors (Lipinski definition) is 7. The standard InChI is InChI=1S/C23H31N5O3S/c1-18-16-22(26-12-14-31-15-13-26)25-23(24-18)27-8-10-28(11-9-27)32(29,30)21-7-6-19-4-2-3-5-20(19)17-21/h6-7,16-17H,2-5,8-15H2,1H3. The van der Waals surface area contributed by atoms with E-state index in [1.165, 1.54) is 17.5 Å². The fourth-order valence-corrected chi connectivity index (χ4v) is 6.25. The van der Waals surface area contributed by atoms with Crippen LogP contribution in [0.5, 0.6) is 0 Å². The molecule has 0 N–H and O–H groups in total. The number of hydrogen-bond donors (Lipinski definition) is 0. The molecule has 0 spiro atoms. The zero-order valence-corrected chi connectivity index (χ0v) is 19.5. The number of morpholine rings is 1. The van der Waals surface area contributed by atoms with Crippen LogP contribution in [0.1, 0.15) is 29.7 Å². The number of aryl methyl sites for hydroxylation is 3. The Morgan fingerprint density at radius 1 is 0.844 bits per heavy atom. The molecule has 0 amide bonds. The molecule has 172 valence electrons. The van der Waals surface area contributed by atoms with E-state index >= 15 is 0 Å². The first kappa shape index (κ1) is 21.6. The van der Waals surface area contributed by atoms with E-state index in [0.29, 0.717) is 50.2 Å². The maximum atomic E-state index is 13.3. The molecule has 0 bridgehead atoms. The quantitative estimate of drug-likeness (QED) is 0.695. The van der Waals surface area contributed by atoms with E-state index in [0.717, 1.165) is 43.9 Å². The Kier molecular flexibility index (Phi) is 6.05. The van der Waals surface area contributed by atoms with E-state index in [1.54, 1.807) is 10.4 Å². The number of aromatic nitrogens is 2. The number of ether oxygens (including phenoxy) is 1. The maximum Gasteiger partial charge on any atom is 0.243 e. The third-order valence-electron chi connectivity index (χ3n) is 6.64. The van der Waals surface area contributed by atoms with Crippen LogP contribution in [0, 0.1) is 6.92 Å². The van der Waals surface area contributed by atoms with Crippen molar-refractivity contribution in [2.24, 2.45) is 0 Å². The SMILES string of the molecule is Cc1cc(N2CCOCC2)nc(N2CCN(S(=O)(=O)c3ccc4c(c3)CCCC4)CC2)n1. The molecule has 2 aliphatic heterocycles. The number of rotatable bonds is 4. The predicted octanol–water partition coefficient (Wildman–Crippen LogP) is 2.01. The number of fused-ring (bicyclic) bond motifs is 1. The van der Waals surface area contributed by atoms with Crippen molar-refractivity contribution in [1.29, 1.82) is 0 Å². The zero-order chi connectivity index (χ0) is 22.1. The van der Waals surface area contributed by atoms with Gasteiger partial charge in [0.1, 0.15) is 5.82 Å². The van der Waals surface area contributed by atoms with Gasteiger partial charge >= 0.3 is 0 Å². The molecular weight excluding hydrogens is 426 g/mol. The fourth-order valence-electron chi connectivity index (χ4n) is 4.78. The van der Waals surface area contributed by atoms with E-state index in [-0.39, 0.29) is 0 Å². The topological polar surface area (TPSA) is 78.9 Å². The minimum atomic E-state index is -3.49. The van der Waals surface area contributed by atoms with E-state index in [2.05, 4.69) is 14.8 Å². The third-order valence-corrected chi connectivity index (χ3v) is 8.54. The van der Waals surface area contributed by atoms with Crippen LogP contribution in [-0.2, 0) is 27.6 Å². The smallest absolute Gasteiger partial charge is 0.243 e. The van der Waals surface area contributed by atoms with Crippen LogP contribution >= 0.6 is 0 Å². The van der Waals surface area contributed by atoms with Crippen molar-refractivity contribution < 1.29 is 13.2 Å². The van der Waals surface area contributed by atoms with Gasteiger partial charge in [0, 0.05) is 51.0 Å². The molecule has 2 fully saturated rings. The van der Waals surface area contributed by atoms with Gasteiger partial charge in [-0.05, 0) is 55.9 Å². The summed E-state index contributed by atoms with van der Waals surface area (Å²) in [6.45, 7) is 7.06. The number of piperazine rings is 1. The Morgan fingerprint density at radius 2 is 1.56 bits per heavy atom.